The number of oxazole rings is 1. The highest BCUT2D eigenvalue weighted by molar-refractivity contribution is 6.19. The number of hydrogen-bond donors (Lipinski definition) is 3. The van der Waals surface area contributed by atoms with Crippen molar-refractivity contribution in [3.05, 3.63) is 46.6 Å². The van der Waals surface area contributed by atoms with Gasteiger partial charge in [-0.2, -0.15) is 0 Å². The third-order valence-electron chi connectivity index (χ3n) is 5.41. The van der Waals surface area contributed by atoms with Crippen LogP contribution in [-0.2, 0) is 11.8 Å². The molecule has 3 aromatic heterocycles. The molecule has 0 radical (unpaired) electrons. The lowest BCUT2D eigenvalue weighted by Gasteiger charge is -2.10. The van der Waals surface area contributed by atoms with Crippen molar-refractivity contribution in [1.82, 2.24) is 14.5 Å². The molecular weight excluding hydrogens is 384 g/mol. The molecule has 0 saturated heterocycles. The maximum absolute atomic E-state index is 12.1. The second-order valence-electron chi connectivity index (χ2n) is 7.52. The zero-order chi connectivity index (χ0) is 21.2. The predicted molar refractivity (Wildman–Crippen MR) is 114 cm³/mol. The van der Waals surface area contributed by atoms with Crippen LogP contribution in [0.25, 0.3) is 33.1 Å². The molecule has 9 nitrogen and oxygen atoms in total. The van der Waals surface area contributed by atoms with Crippen LogP contribution in [0.5, 0.6) is 0 Å². The molecule has 5 rings (SSSR count). The quantitative estimate of drug-likeness (QED) is 0.481. The van der Waals surface area contributed by atoms with Crippen molar-refractivity contribution in [2.75, 3.05) is 11.1 Å². The predicted octanol–water partition coefficient (Wildman–Crippen LogP) is 2.61. The third kappa shape index (κ3) is 2.83. The van der Waals surface area contributed by atoms with E-state index in [2.05, 4.69) is 15.3 Å². The molecule has 0 bridgehead atoms. The number of anilines is 2. The van der Waals surface area contributed by atoms with Crippen LogP contribution in [0.15, 0.2) is 39.7 Å². The van der Waals surface area contributed by atoms with Gasteiger partial charge in [-0.1, -0.05) is 0 Å². The lowest BCUT2D eigenvalue weighted by atomic mass is 10.0. The summed E-state index contributed by atoms with van der Waals surface area (Å²) in [6, 6.07) is 7.25. The monoisotopic (exact) mass is 402 g/mol. The van der Waals surface area contributed by atoms with Crippen molar-refractivity contribution in [2.24, 2.45) is 13.0 Å². The Morgan fingerprint density at radius 3 is 2.83 bits per heavy atom. The molecule has 1 amide bonds. The first-order chi connectivity index (χ1) is 14.3. The van der Waals surface area contributed by atoms with E-state index in [1.54, 1.807) is 25.4 Å². The number of nitrogens with zero attached hydrogens (tertiary/aromatic N) is 3. The number of nitrogens with two attached hydrogens (primary N) is 1. The van der Waals surface area contributed by atoms with E-state index < -0.39 is 5.76 Å². The number of fused-ring (bicyclic) bond motifs is 2. The van der Waals surface area contributed by atoms with E-state index in [1.807, 2.05) is 19.1 Å². The van der Waals surface area contributed by atoms with Crippen LogP contribution in [0.4, 0.5) is 11.6 Å². The molecule has 150 valence electrons. The van der Waals surface area contributed by atoms with Gasteiger partial charge in [0.15, 0.2) is 5.58 Å². The molecule has 1 aliphatic rings. The zero-order valence-electron chi connectivity index (χ0n) is 16.3. The molecule has 1 aliphatic carbocycles. The Hall–Kier alpha value is -4.01. The smallest absolute Gasteiger partial charge is 0.408 e. The molecular formula is C21H18N6O3. The van der Waals surface area contributed by atoms with Crippen molar-refractivity contribution in [1.29, 1.82) is 5.41 Å². The SMILES string of the molecule is Cc1cc2c(cc1-c1cc3cc(NC(=O)[C@@H]4CC4=N)ncc3c(N)n1)oc(=O)n2C. The molecule has 1 saturated carbocycles. The molecule has 4 aromatic rings. The summed E-state index contributed by atoms with van der Waals surface area (Å²) in [7, 11) is 1.66. The van der Waals surface area contributed by atoms with Gasteiger partial charge in [0.2, 0.25) is 5.91 Å². The molecule has 1 fully saturated rings. The van der Waals surface area contributed by atoms with E-state index in [-0.39, 0.29) is 11.8 Å². The van der Waals surface area contributed by atoms with Crippen molar-refractivity contribution in [3.8, 4) is 11.3 Å². The highest BCUT2D eigenvalue weighted by atomic mass is 16.4. The van der Waals surface area contributed by atoms with Gasteiger partial charge in [-0.05, 0) is 42.1 Å². The summed E-state index contributed by atoms with van der Waals surface area (Å²) in [5.41, 5.74) is 10.1. The van der Waals surface area contributed by atoms with Crippen molar-refractivity contribution < 1.29 is 9.21 Å². The molecule has 1 atom stereocenters. The lowest BCUT2D eigenvalue weighted by molar-refractivity contribution is -0.116. The Morgan fingerprint density at radius 1 is 1.33 bits per heavy atom. The summed E-state index contributed by atoms with van der Waals surface area (Å²) in [5.74, 6) is -0.302. The normalized spacial score (nSPS) is 15.7. The second kappa shape index (κ2) is 6.24. The first-order valence-corrected chi connectivity index (χ1v) is 9.37. The molecule has 3 heterocycles. The minimum absolute atomic E-state index is 0.227. The minimum atomic E-state index is -0.428. The maximum Gasteiger partial charge on any atom is 0.419 e. The Bertz CT molecular complexity index is 1450. The van der Waals surface area contributed by atoms with Gasteiger partial charge in [0.05, 0.1) is 17.1 Å². The van der Waals surface area contributed by atoms with Crippen LogP contribution in [0.3, 0.4) is 0 Å². The number of rotatable bonds is 3. The van der Waals surface area contributed by atoms with Gasteiger partial charge in [-0.25, -0.2) is 14.8 Å². The third-order valence-corrected chi connectivity index (χ3v) is 5.41. The van der Waals surface area contributed by atoms with Crippen molar-refractivity contribution >= 4 is 45.1 Å². The van der Waals surface area contributed by atoms with E-state index in [4.69, 9.17) is 15.6 Å². The van der Waals surface area contributed by atoms with E-state index in [9.17, 15) is 9.59 Å². The van der Waals surface area contributed by atoms with Crippen LogP contribution >= 0.6 is 0 Å². The number of carbonyl (C=O) groups is 1. The average molecular weight is 402 g/mol. The van der Waals surface area contributed by atoms with Crippen molar-refractivity contribution in [3.63, 3.8) is 0 Å². The molecule has 4 N–H and O–H groups in total. The molecule has 9 heteroatoms. The van der Waals surface area contributed by atoms with Crippen LogP contribution in [-0.4, -0.2) is 26.2 Å². The summed E-state index contributed by atoms with van der Waals surface area (Å²) in [6.07, 6.45) is 2.07. The fourth-order valence-corrected chi connectivity index (χ4v) is 3.56. The van der Waals surface area contributed by atoms with Gasteiger partial charge < -0.3 is 20.9 Å². The Labute approximate surface area is 170 Å². The number of aromatic nitrogens is 3. The first kappa shape index (κ1) is 18.0. The van der Waals surface area contributed by atoms with Gasteiger partial charge in [0.25, 0.3) is 0 Å². The van der Waals surface area contributed by atoms with Gasteiger partial charge in [-0.3, -0.25) is 9.36 Å². The number of amides is 1. The number of hydrogen-bond acceptors (Lipinski definition) is 7. The van der Waals surface area contributed by atoms with Crippen molar-refractivity contribution in [2.45, 2.75) is 13.3 Å². The molecule has 30 heavy (non-hydrogen) atoms. The minimum Gasteiger partial charge on any atom is -0.408 e. The Kier molecular flexibility index (Phi) is 3.76. The summed E-state index contributed by atoms with van der Waals surface area (Å²) < 4.78 is 6.76. The van der Waals surface area contributed by atoms with E-state index >= 15 is 0 Å². The Morgan fingerprint density at radius 2 is 2.10 bits per heavy atom. The number of aryl methyl sites for hydroxylation is 2. The number of nitrogen functional groups attached to an aromatic ring is 1. The van der Waals surface area contributed by atoms with Crippen LogP contribution in [0, 0.1) is 18.3 Å². The topological polar surface area (TPSA) is 140 Å². The highest BCUT2D eigenvalue weighted by Crippen LogP contribution is 2.32. The molecule has 1 aromatic carbocycles. The van der Waals surface area contributed by atoms with Gasteiger partial charge >= 0.3 is 5.76 Å². The first-order valence-electron chi connectivity index (χ1n) is 9.37. The van der Waals surface area contributed by atoms with Crippen LogP contribution < -0.4 is 16.8 Å². The molecule has 0 spiro atoms. The summed E-state index contributed by atoms with van der Waals surface area (Å²) >= 11 is 0. The molecule has 0 unspecified atom stereocenters. The fraction of sp³-hybridized carbons (Fsp3) is 0.190. The average Bonchev–Trinajstić information content (AvgIpc) is 3.38. The van der Waals surface area contributed by atoms with E-state index in [1.165, 1.54) is 4.57 Å². The van der Waals surface area contributed by atoms with Crippen LogP contribution in [0.2, 0.25) is 0 Å². The standard InChI is InChI=1S/C21H18N6O3/c1-9-3-16-17(30-21(29)27(16)2)7-11(9)15-4-10-5-18(24-8-13(10)19(23)25-15)26-20(28)12-6-14(12)22/h3-5,7-8,12,22H,6H2,1-2H3,(H2,23,25)(H,24,26,28)/t12-/m1/s1. The fourth-order valence-electron chi connectivity index (χ4n) is 3.56. The summed E-state index contributed by atoms with van der Waals surface area (Å²) in [6.45, 7) is 1.93. The summed E-state index contributed by atoms with van der Waals surface area (Å²) in [5, 5.41) is 11.7. The highest BCUT2D eigenvalue weighted by Gasteiger charge is 2.37. The number of nitrogens with one attached hydrogen (secondary N) is 2. The molecule has 0 aliphatic heterocycles. The lowest BCUT2D eigenvalue weighted by Crippen LogP contribution is -2.15. The van der Waals surface area contributed by atoms with Crippen LogP contribution in [0.1, 0.15) is 12.0 Å². The largest absolute Gasteiger partial charge is 0.419 e. The van der Waals surface area contributed by atoms with Gasteiger partial charge in [-0.15, -0.1) is 0 Å². The number of benzene rings is 1. The van der Waals surface area contributed by atoms with Gasteiger partial charge in [0.1, 0.15) is 11.6 Å². The Balaban J connectivity index is 1.60. The van der Waals surface area contributed by atoms with E-state index in [0.717, 1.165) is 16.5 Å². The number of carbonyl (C=O) groups excluding carboxylic acids is 1. The second-order valence-corrected chi connectivity index (χ2v) is 7.52. The van der Waals surface area contributed by atoms with Gasteiger partial charge in [0, 0.05) is 36.3 Å². The van der Waals surface area contributed by atoms with E-state index in [0.29, 0.717) is 45.9 Å². The summed E-state index contributed by atoms with van der Waals surface area (Å²) in [4.78, 5) is 32.7. The number of pyridine rings is 2. The maximum atomic E-state index is 12.1. The zero-order valence-corrected chi connectivity index (χ0v) is 16.3.